The number of hydrogen-bond donors (Lipinski definition) is 2. The van der Waals surface area contributed by atoms with Crippen molar-refractivity contribution in [3.8, 4) is 10.6 Å². The van der Waals surface area contributed by atoms with Crippen molar-refractivity contribution in [2.24, 2.45) is 5.84 Å². The highest BCUT2D eigenvalue weighted by Gasteiger charge is 2.12. The molecule has 1 amide bonds. The molecule has 2 aromatic rings. The number of rotatable bonds is 2. The van der Waals surface area contributed by atoms with Crippen LogP contribution in [0.25, 0.3) is 10.6 Å². The molecule has 0 unspecified atom stereocenters. The number of nitrogens with one attached hydrogen (secondary N) is 1. The zero-order chi connectivity index (χ0) is 9.97. The molecule has 0 aliphatic heterocycles. The number of carbonyl (C=O) groups is 1. The Morgan fingerprint density at radius 1 is 1.64 bits per heavy atom. The van der Waals surface area contributed by atoms with Crippen LogP contribution in [0.15, 0.2) is 28.2 Å². The lowest BCUT2D eigenvalue weighted by atomic mass is 10.4. The number of oxazole rings is 1. The Bertz CT molecular complexity index is 435. The normalized spacial score (nSPS) is 10.1. The van der Waals surface area contributed by atoms with Gasteiger partial charge in [0.25, 0.3) is 5.89 Å². The Morgan fingerprint density at radius 3 is 3.14 bits per heavy atom. The molecule has 0 aromatic carbocycles. The molecule has 0 aliphatic carbocycles. The van der Waals surface area contributed by atoms with Crippen molar-refractivity contribution in [2.45, 2.75) is 0 Å². The second-order valence-electron chi connectivity index (χ2n) is 2.49. The first-order chi connectivity index (χ1) is 6.81. The predicted octanol–water partition coefficient (Wildman–Crippen LogP) is 1.01. The molecule has 0 fully saturated rings. The van der Waals surface area contributed by atoms with E-state index in [1.54, 1.807) is 0 Å². The standard InChI is InChI=1S/C8H7N3O2S/c9-11-7(12)8-10-5(4-13-8)6-2-1-3-14-6/h1-4H,9H2,(H,11,12). The minimum atomic E-state index is -0.534. The number of nitrogens with zero attached hydrogens (tertiary/aromatic N) is 1. The topological polar surface area (TPSA) is 81.1 Å². The highest BCUT2D eigenvalue weighted by molar-refractivity contribution is 7.13. The molecule has 0 saturated carbocycles. The van der Waals surface area contributed by atoms with Gasteiger partial charge in [0.15, 0.2) is 0 Å². The van der Waals surface area contributed by atoms with E-state index in [4.69, 9.17) is 10.3 Å². The summed E-state index contributed by atoms with van der Waals surface area (Å²) in [7, 11) is 0. The number of amides is 1. The smallest absolute Gasteiger partial charge is 0.321 e. The molecule has 3 N–H and O–H groups in total. The molecular weight excluding hydrogens is 202 g/mol. The van der Waals surface area contributed by atoms with Crippen molar-refractivity contribution < 1.29 is 9.21 Å². The van der Waals surface area contributed by atoms with E-state index < -0.39 is 5.91 Å². The predicted molar refractivity (Wildman–Crippen MR) is 51.5 cm³/mol. The summed E-state index contributed by atoms with van der Waals surface area (Å²) in [5, 5.41) is 1.92. The molecule has 72 valence electrons. The zero-order valence-electron chi connectivity index (χ0n) is 7.06. The zero-order valence-corrected chi connectivity index (χ0v) is 7.88. The Balaban J connectivity index is 2.31. The van der Waals surface area contributed by atoms with Gasteiger partial charge in [0, 0.05) is 0 Å². The number of nitrogens with two attached hydrogens (primary N) is 1. The molecule has 0 bridgehead atoms. The largest absolute Gasteiger partial charge is 0.440 e. The fraction of sp³-hybridized carbons (Fsp3) is 0. The maximum Gasteiger partial charge on any atom is 0.321 e. The van der Waals surface area contributed by atoms with E-state index in [9.17, 15) is 4.79 Å². The van der Waals surface area contributed by atoms with Gasteiger partial charge in [0.05, 0.1) is 4.88 Å². The van der Waals surface area contributed by atoms with Crippen LogP contribution in [-0.4, -0.2) is 10.9 Å². The van der Waals surface area contributed by atoms with Gasteiger partial charge in [-0.05, 0) is 11.4 Å². The second-order valence-corrected chi connectivity index (χ2v) is 3.44. The number of carbonyl (C=O) groups excluding carboxylic acids is 1. The maximum absolute atomic E-state index is 11.0. The Hall–Kier alpha value is -1.66. The summed E-state index contributed by atoms with van der Waals surface area (Å²) in [5.74, 6) is 4.37. The minimum absolute atomic E-state index is 0.0316. The Kier molecular flexibility index (Phi) is 2.30. The van der Waals surface area contributed by atoms with Gasteiger partial charge < -0.3 is 4.42 Å². The summed E-state index contributed by atoms with van der Waals surface area (Å²) in [4.78, 5) is 15.9. The summed E-state index contributed by atoms with van der Waals surface area (Å²) < 4.78 is 4.94. The highest BCUT2D eigenvalue weighted by atomic mass is 32.1. The third kappa shape index (κ3) is 1.52. The highest BCUT2D eigenvalue weighted by Crippen LogP contribution is 2.23. The van der Waals surface area contributed by atoms with E-state index in [2.05, 4.69) is 4.98 Å². The SMILES string of the molecule is NNC(=O)c1nc(-c2cccs2)co1. The number of nitrogen functional groups attached to an aromatic ring is 1. The Morgan fingerprint density at radius 2 is 2.50 bits per heavy atom. The van der Waals surface area contributed by atoms with Gasteiger partial charge in [0.2, 0.25) is 0 Å². The molecule has 0 aliphatic rings. The van der Waals surface area contributed by atoms with Crippen LogP contribution in [0.4, 0.5) is 0 Å². The fourth-order valence-electron chi connectivity index (χ4n) is 0.977. The van der Waals surface area contributed by atoms with Crippen molar-refractivity contribution >= 4 is 17.2 Å². The molecule has 2 aromatic heterocycles. The lowest BCUT2D eigenvalue weighted by Gasteiger charge is -1.89. The van der Waals surface area contributed by atoms with Crippen molar-refractivity contribution in [1.82, 2.24) is 10.4 Å². The van der Waals surface area contributed by atoms with Gasteiger partial charge in [-0.2, -0.15) is 0 Å². The average molecular weight is 209 g/mol. The lowest BCUT2D eigenvalue weighted by Crippen LogP contribution is -2.30. The van der Waals surface area contributed by atoms with Gasteiger partial charge in [0.1, 0.15) is 12.0 Å². The van der Waals surface area contributed by atoms with E-state index in [0.717, 1.165) is 4.88 Å². The van der Waals surface area contributed by atoms with Crippen LogP contribution in [-0.2, 0) is 0 Å². The molecule has 2 heterocycles. The molecule has 0 atom stereocenters. The molecular formula is C8H7N3O2S. The number of hydrogen-bond acceptors (Lipinski definition) is 5. The Labute approximate surface area is 83.5 Å². The van der Waals surface area contributed by atoms with Crippen molar-refractivity contribution in [3.05, 3.63) is 29.7 Å². The number of hydrazine groups is 1. The summed E-state index contributed by atoms with van der Waals surface area (Å²) in [5.41, 5.74) is 2.59. The van der Waals surface area contributed by atoms with Gasteiger partial charge in [-0.25, -0.2) is 10.8 Å². The quantitative estimate of drug-likeness (QED) is 0.439. The molecule has 5 nitrogen and oxygen atoms in total. The summed E-state index contributed by atoms with van der Waals surface area (Å²) >= 11 is 1.52. The molecule has 2 rings (SSSR count). The summed E-state index contributed by atoms with van der Waals surface area (Å²) in [6.45, 7) is 0. The van der Waals surface area contributed by atoms with E-state index >= 15 is 0 Å². The summed E-state index contributed by atoms with van der Waals surface area (Å²) in [6, 6.07) is 3.80. The second kappa shape index (κ2) is 3.60. The van der Waals surface area contributed by atoms with Crippen LogP contribution in [0.2, 0.25) is 0 Å². The van der Waals surface area contributed by atoms with E-state index in [0.29, 0.717) is 5.69 Å². The van der Waals surface area contributed by atoms with Crippen molar-refractivity contribution in [2.75, 3.05) is 0 Å². The van der Waals surface area contributed by atoms with Gasteiger partial charge >= 0.3 is 5.91 Å². The van der Waals surface area contributed by atoms with E-state index in [1.165, 1.54) is 17.6 Å². The van der Waals surface area contributed by atoms with Crippen molar-refractivity contribution in [3.63, 3.8) is 0 Å². The molecule has 14 heavy (non-hydrogen) atoms. The van der Waals surface area contributed by atoms with Crippen LogP contribution in [0.5, 0.6) is 0 Å². The van der Waals surface area contributed by atoms with Crippen LogP contribution >= 0.6 is 11.3 Å². The molecule has 6 heteroatoms. The lowest BCUT2D eigenvalue weighted by molar-refractivity contribution is 0.0919. The molecule has 0 spiro atoms. The first kappa shape index (κ1) is 8.92. The van der Waals surface area contributed by atoms with E-state index in [1.807, 2.05) is 22.9 Å². The maximum atomic E-state index is 11.0. The fourth-order valence-corrected chi connectivity index (χ4v) is 1.65. The first-order valence-electron chi connectivity index (χ1n) is 3.81. The van der Waals surface area contributed by atoms with Gasteiger partial charge in [-0.15, -0.1) is 11.3 Å². The third-order valence-corrected chi connectivity index (χ3v) is 2.50. The monoisotopic (exact) mass is 209 g/mol. The molecule has 0 saturated heterocycles. The van der Waals surface area contributed by atoms with Crippen LogP contribution in [0.3, 0.4) is 0 Å². The average Bonchev–Trinajstić information content (AvgIpc) is 2.86. The number of aromatic nitrogens is 1. The third-order valence-electron chi connectivity index (χ3n) is 1.60. The van der Waals surface area contributed by atoms with E-state index in [-0.39, 0.29) is 5.89 Å². The van der Waals surface area contributed by atoms with Crippen LogP contribution < -0.4 is 11.3 Å². The first-order valence-corrected chi connectivity index (χ1v) is 4.69. The van der Waals surface area contributed by atoms with Crippen LogP contribution in [0, 0.1) is 0 Å². The van der Waals surface area contributed by atoms with Crippen LogP contribution in [0.1, 0.15) is 10.7 Å². The minimum Gasteiger partial charge on any atom is -0.440 e. The van der Waals surface area contributed by atoms with Gasteiger partial charge in [-0.3, -0.25) is 10.2 Å². The van der Waals surface area contributed by atoms with Crippen molar-refractivity contribution in [1.29, 1.82) is 0 Å². The number of thiophene rings is 1. The summed E-state index contributed by atoms with van der Waals surface area (Å²) in [6.07, 6.45) is 1.43. The molecule has 0 radical (unpaired) electrons. The van der Waals surface area contributed by atoms with Gasteiger partial charge in [-0.1, -0.05) is 6.07 Å².